The number of ether oxygens (including phenoxy) is 1. The Morgan fingerprint density at radius 2 is 2.00 bits per heavy atom. The van der Waals surface area contributed by atoms with Crippen LogP contribution in [0.5, 0.6) is 5.75 Å². The van der Waals surface area contributed by atoms with Gasteiger partial charge in [-0.3, -0.25) is 4.79 Å². The van der Waals surface area contributed by atoms with Gasteiger partial charge in [-0.25, -0.2) is 0 Å². The molecule has 0 bridgehead atoms. The smallest absolute Gasteiger partial charge is 0.242 e. The Bertz CT molecular complexity index is 495. The Morgan fingerprint density at radius 3 is 2.67 bits per heavy atom. The number of benzene rings is 1. The molecule has 2 heterocycles. The third-order valence-electron chi connectivity index (χ3n) is 4.03. The van der Waals surface area contributed by atoms with Gasteiger partial charge in [0.05, 0.1) is 18.9 Å². The SMILES string of the molecule is O=C(C1COCCN1)N1CCN(c2ccccc2O)CC1. The summed E-state index contributed by atoms with van der Waals surface area (Å²) in [5, 5.41) is 13.1. The minimum atomic E-state index is -0.213. The van der Waals surface area contributed by atoms with Crippen LogP contribution in [0, 0.1) is 0 Å². The number of piperazine rings is 1. The summed E-state index contributed by atoms with van der Waals surface area (Å²) in [6.07, 6.45) is 0. The molecule has 0 radical (unpaired) electrons. The summed E-state index contributed by atoms with van der Waals surface area (Å²) in [5.41, 5.74) is 0.837. The molecule has 0 aliphatic carbocycles. The normalized spacial score (nSPS) is 23.1. The van der Waals surface area contributed by atoms with Gasteiger partial charge in [0.2, 0.25) is 5.91 Å². The zero-order chi connectivity index (χ0) is 14.7. The molecule has 1 amide bonds. The topological polar surface area (TPSA) is 65.0 Å². The molecule has 1 aromatic rings. The van der Waals surface area contributed by atoms with Gasteiger partial charge in [0, 0.05) is 32.7 Å². The van der Waals surface area contributed by atoms with E-state index in [0.717, 1.165) is 25.3 Å². The molecule has 6 nitrogen and oxygen atoms in total. The Labute approximate surface area is 124 Å². The van der Waals surface area contributed by atoms with Gasteiger partial charge >= 0.3 is 0 Å². The number of carbonyl (C=O) groups excluding carboxylic acids is 1. The number of para-hydroxylation sites is 2. The number of anilines is 1. The highest BCUT2D eigenvalue weighted by Gasteiger charge is 2.29. The highest BCUT2D eigenvalue weighted by Crippen LogP contribution is 2.27. The minimum Gasteiger partial charge on any atom is -0.506 e. The number of phenolic OH excluding ortho intramolecular Hbond substituents is 1. The average Bonchev–Trinajstić information content (AvgIpc) is 2.56. The average molecular weight is 291 g/mol. The summed E-state index contributed by atoms with van der Waals surface area (Å²) in [6.45, 7) is 4.67. The summed E-state index contributed by atoms with van der Waals surface area (Å²) in [7, 11) is 0. The highest BCUT2D eigenvalue weighted by atomic mass is 16.5. The van der Waals surface area contributed by atoms with E-state index in [-0.39, 0.29) is 11.9 Å². The van der Waals surface area contributed by atoms with Crippen molar-refractivity contribution in [2.24, 2.45) is 0 Å². The number of rotatable bonds is 2. The number of nitrogens with zero attached hydrogens (tertiary/aromatic N) is 2. The predicted molar refractivity (Wildman–Crippen MR) is 79.5 cm³/mol. The van der Waals surface area contributed by atoms with E-state index in [1.807, 2.05) is 23.1 Å². The summed E-state index contributed by atoms with van der Waals surface area (Å²) in [6, 6.07) is 7.11. The predicted octanol–water partition coefficient (Wildman–Crippen LogP) is 0.0292. The van der Waals surface area contributed by atoms with Gasteiger partial charge in [0.1, 0.15) is 11.8 Å². The first kappa shape index (κ1) is 14.2. The zero-order valence-corrected chi connectivity index (χ0v) is 12.0. The van der Waals surface area contributed by atoms with E-state index in [0.29, 0.717) is 32.1 Å². The summed E-state index contributed by atoms with van der Waals surface area (Å²) >= 11 is 0. The molecule has 6 heteroatoms. The quantitative estimate of drug-likeness (QED) is 0.805. The molecule has 0 saturated carbocycles. The fourth-order valence-corrected chi connectivity index (χ4v) is 2.84. The molecule has 1 unspecified atom stereocenters. The number of phenols is 1. The lowest BCUT2D eigenvalue weighted by Crippen LogP contribution is -2.57. The van der Waals surface area contributed by atoms with Gasteiger partial charge in [0.15, 0.2) is 0 Å². The van der Waals surface area contributed by atoms with Crippen molar-refractivity contribution in [2.75, 3.05) is 50.8 Å². The lowest BCUT2D eigenvalue weighted by atomic mass is 10.2. The van der Waals surface area contributed by atoms with Crippen LogP contribution in [0.2, 0.25) is 0 Å². The molecule has 2 aliphatic heterocycles. The Balaban J connectivity index is 1.57. The number of amides is 1. The number of nitrogens with one attached hydrogen (secondary N) is 1. The van der Waals surface area contributed by atoms with Crippen molar-refractivity contribution in [1.82, 2.24) is 10.2 Å². The van der Waals surface area contributed by atoms with Crippen LogP contribution in [-0.2, 0) is 9.53 Å². The van der Waals surface area contributed by atoms with Crippen molar-refractivity contribution in [1.29, 1.82) is 0 Å². The highest BCUT2D eigenvalue weighted by molar-refractivity contribution is 5.82. The van der Waals surface area contributed by atoms with Crippen molar-refractivity contribution in [3.8, 4) is 5.75 Å². The number of morpholine rings is 1. The van der Waals surface area contributed by atoms with Gasteiger partial charge in [-0.15, -0.1) is 0 Å². The second-order valence-electron chi connectivity index (χ2n) is 5.38. The summed E-state index contributed by atoms with van der Waals surface area (Å²) in [5.74, 6) is 0.409. The van der Waals surface area contributed by atoms with Crippen LogP contribution in [-0.4, -0.2) is 67.9 Å². The number of hydrogen-bond donors (Lipinski definition) is 2. The van der Waals surface area contributed by atoms with Crippen molar-refractivity contribution < 1.29 is 14.6 Å². The van der Waals surface area contributed by atoms with Crippen molar-refractivity contribution in [3.05, 3.63) is 24.3 Å². The van der Waals surface area contributed by atoms with Crippen LogP contribution in [0.3, 0.4) is 0 Å². The molecular formula is C15H21N3O3. The van der Waals surface area contributed by atoms with Gasteiger partial charge in [0.25, 0.3) is 0 Å². The van der Waals surface area contributed by atoms with Gasteiger partial charge in [-0.2, -0.15) is 0 Å². The van der Waals surface area contributed by atoms with E-state index in [1.165, 1.54) is 0 Å². The zero-order valence-electron chi connectivity index (χ0n) is 12.0. The Hall–Kier alpha value is -1.79. The minimum absolute atomic E-state index is 0.117. The summed E-state index contributed by atoms with van der Waals surface area (Å²) in [4.78, 5) is 16.4. The molecule has 1 atom stereocenters. The molecule has 2 fully saturated rings. The molecule has 1 aromatic carbocycles. The van der Waals surface area contributed by atoms with Gasteiger partial charge in [-0.05, 0) is 12.1 Å². The van der Waals surface area contributed by atoms with Crippen molar-refractivity contribution in [3.63, 3.8) is 0 Å². The molecule has 3 rings (SSSR count). The molecule has 0 aromatic heterocycles. The third-order valence-corrected chi connectivity index (χ3v) is 4.03. The second kappa shape index (κ2) is 6.32. The summed E-state index contributed by atoms with van der Waals surface area (Å²) < 4.78 is 5.35. The first-order valence-electron chi connectivity index (χ1n) is 7.38. The second-order valence-corrected chi connectivity index (χ2v) is 5.38. The van der Waals surface area contributed by atoms with E-state index in [4.69, 9.17) is 4.74 Å². The Morgan fingerprint density at radius 1 is 1.24 bits per heavy atom. The van der Waals surface area contributed by atoms with E-state index < -0.39 is 0 Å². The molecule has 21 heavy (non-hydrogen) atoms. The van der Waals surface area contributed by atoms with Crippen molar-refractivity contribution in [2.45, 2.75) is 6.04 Å². The van der Waals surface area contributed by atoms with E-state index in [1.54, 1.807) is 6.07 Å². The third kappa shape index (κ3) is 3.11. The van der Waals surface area contributed by atoms with E-state index in [2.05, 4.69) is 10.2 Å². The van der Waals surface area contributed by atoms with Crippen LogP contribution in [0.4, 0.5) is 5.69 Å². The maximum atomic E-state index is 12.4. The number of aromatic hydroxyl groups is 1. The van der Waals surface area contributed by atoms with Crippen LogP contribution < -0.4 is 10.2 Å². The lowest BCUT2D eigenvalue weighted by Gasteiger charge is -2.38. The Kier molecular flexibility index (Phi) is 4.26. The number of carbonyl (C=O) groups is 1. The van der Waals surface area contributed by atoms with Crippen molar-refractivity contribution >= 4 is 11.6 Å². The van der Waals surface area contributed by atoms with E-state index >= 15 is 0 Å². The van der Waals surface area contributed by atoms with Crippen LogP contribution in [0.15, 0.2) is 24.3 Å². The van der Waals surface area contributed by atoms with E-state index in [9.17, 15) is 9.90 Å². The van der Waals surface area contributed by atoms with Crippen LogP contribution >= 0.6 is 0 Å². The first-order chi connectivity index (χ1) is 10.3. The lowest BCUT2D eigenvalue weighted by molar-refractivity contribution is -0.136. The largest absolute Gasteiger partial charge is 0.506 e. The molecule has 114 valence electrons. The maximum Gasteiger partial charge on any atom is 0.242 e. The molecule has 2 saturated heterocycles. The van der Waals surface area contributed by atoms with Gasteiger partial charge < -0.3 is 25.0 Å². The maximum absolute atomic E-state index is 12.4. The first-order valence-corrected chi connectivity index (χ1v) is 7.38. The van der Waals surface area contributed by atoms with Gasteiger partial charge in [-0.1, -0.05) is 12.1 Å². The molecule has 2 aliphatic rings. The number of hydrogen-bond acceptors (Lipinski definition) is 5. The fraction of sp³-hybridized carbons (Fsp3) is 0.533. The fourth-order valence-electron chi connectivity index (χ4n) is 2.84. The molecular weight excluding hydrogens is 270 g/mol. The standard InChI is InChI=1S/C15H21N3O3/c19-14-4-2-1-3-13(14)17-6-8-18(9-7-17)15(20)12-11-21-10-5-16-12/h1-4,12,16,19H,5-11H2. The molecule has 0 spiro atoms. The monoisotopic (exact) mass is 291 g/mol. The van der Waals surface area contributed by atoms with Crippen LogP contribution in [0.25, 0.3) is 0 Å². The van der Waals surface area contributed by atoms with Crippen LogP contribution in [0.1, 0.15) is 0 Å². The molecule has 2 N–H and O–H groups in total.